The van der Waals surface area contributed by atoms with Crippen molar-refractivity contribution in [1.82, 2.24) is 4.72 Å². The van der Waals surface area contributed by atoms with Gasteiger partial charge in [0.15, 0.2) is 0 Å². The van der Waals surface area contributed by atoms with Crippen LogP contribution in [0.4, 0.5) is 4.39 Å². The first-order chi connectivity index (χ1) is 9.99. The van der Waals surface area contributed by atoms with Crippen LogP contribution in [-0.2, 0) is 10.0 Å². The number of hydrogen-bond donors (Lipinski definition) is 1. The number of halogens is 1. The quantitative estimate of drug-likeness (QED) is 0.922. The molecule has 1 fully saturated rings. The van der Waals surface area contributed by atoms with Crippen molar-refractivity contribution in [2.75, 3.05) is 6.26 Å². The number of nitrogens with one attached hydrogen (secondary N) is 1. The first-order valence-corrected chi connectivity index (χ1v) is 9.50. The Balaban J connectivity index is 2.31. The van der Waals surface area contributed by atoms with E-state index in [1.165, 1.54) is 12.1 Å². The van der Waals surface area contributed by atoms with E-state index in [1.807, 2.05) is 6.26 Å². The van der Waals surface area contributed by atoms with Gasteiger partial charge in [0.25, 0.3) is 0 Å². The Bertz CT molecular complexity index is 655. The summed E-state index contributed by atoms with van der Waals surface area (Å²) in [4.78, 5) is -0.282. The minimum atomic E-state index is -3.89. The van der Waals surface area contributed by atoms with E-state index in [9.17, 15) is 12.8 Å². The van der Waals surface area contributed by atoms with E-state index in [-0.39, 0.29) is 16.2 Å². The first kappa shape index (κ1) is 16.3. The van der Waals surface area contributed by atoms with E-state index in [1.54, 1.807) is 17.8 Å². The Labute approximate surface area is 128 Å². The van der Waals surface area contributed by atoms with E-state index in [2.05, 4.69) is 4.72 Å². The van der Waals surface area contributed by atoms with Crippen LogP contribution in [0.5, 0.6) is 0 Å². The Morgan fingerprint density at radius 2 is 2.10 bits per heavy atom. The monoisotopic (exact) mass is 328 g/mol. The van der Waals surface area contributed by atoms with Crippen molar-refractivity contribution in [3.05, 3.63) is 29.6 Å². The average Bonchev–Trinajstić information content (AvgIpc) is 2.47. The molecule has 0 heterocycles. The molecule has 2 atom stereocenters. The van der Waals surface area contributed by atoms with Gasteiger partial charge in [-0.05, 0) is 31.2 Å². The Morgan fingerprint density at radius 3 is 2.76 bits per heavy atom. The van der Waals surface area contributed by atoms with Gasteiger partial charge >= 0.3 is 0 Å². The van der Waals surface area contributed by atoms with E-state index in [0.29, 0.717) is 0 Å². The summed E-state index contributed by atoms with van der Waals surface area (Å²) in [5.41, 5.74) is -0.429. The summed E-state index contributed by atoms with van der Waals surface area (Å²) in [7, 11) is -3.89. The summed E-state index contributed by atoms with van der Waals surface area (Å²) in [5, 5.41) is 9.20. The zero-order chi connectivity index (χ0) is 15.5. The predicted molar refractivity (Wildman–Crippen MR) is 81.0 cm³/mol. The molecule has 0 bridgehead atoms. The van der Waals surface area contributed by atoms with Crippen LogP contribution in [0.25, 0.3) is 0 Å². The number of benzene rings is 1. The van der Waals surface area contributed by atoms with Crippen LogP contribution in [0.3, 0.4) is 0 Å². The van der Waals surface area contributed by atoms with Gasteiger partial charge in [0.1, 0.15) is 22.3 Å². The lowest BCUT2D eigenvalue weighted by molar-refractivity contribution is 0.423. The fourth-order valence-corrected chi connectivity index (χ4v) is 5.11. The van der Waals surface area contributed by atoms with Crippen molar-refractivity contribution >= 4 is 21.8 Å². The molecule has 4 nitrogen and oxygen atoms in total. The van der Waals surface area contributed by atoms with Gasteiger partial charge < -0.3 is 0 Å². The Morgan fingerprint density at radius 1 is 1.38 bits per heavy atom. The maximum atomic E-state index is 13.6. The molecule has 114 valence electrons. The largest absolute Gasteiger partial charge is 0.242 e. The standard InChI is InChI=1S/C14H17FN2O2S2/c1-20-13-7-3-2-6-12(13)17-21(18,19)14-8-4-5-11(15)10(14)9-16/h4-5,8,12-13,17H,2-3,6-7H2,1H3. The lowest BCUT2D eigenvalue weighted by atomic mass is 9.96. The van der Waals surface area contributed by atoms with Crippen LogP contribution in [-0.4, -0.2) is 26.0 Å². The molecule has 21 heavy (non-hydrogen) atoms. The zero-order valence-electron chi connectivity index (χ0n) is 11.7. The number of sulfonamides is 1. The highest BCUT2D eigenvalue weighted by molar-refractivity contribution is 7.99. The molecule has 1 N–H and O–H groups in total. The van der Waals surface area contributed by atoms with Crippen molar-refractivity contribution in [3.63, 3.8) is 0 Å². The molecule has 1 aliphatic rings. The molecule has 1 aromatic carbocycles. The fraction of sp³-hybridized carbons (Fsp3) is 0.500. The van der Waals surface area contributed by atoms with Gasteiger partial charge in [0.2, 0.25) is 10.0 Å². The molecule has 2 unspecified atom stereocenters. The molecule has 0 aromatic heterocycles. The molecular weight excluding hydrogens is 311 g/mol. The first-order valence-electron chi connectivity index (χ1n) is 6.73. The number of nitrogens with zero attached hydrogens (tertiary/aromatic N) is 1. The third-order valence-corrected chi connectivity index (χ3v) is 6.39. The van der Waals surface area contributed by atoms with Crippen molar-refractivity contribution in [2.45, 2.75) is 41.9 Å². The average molecular weight is 328 g/mol. The number of rotatable bonds is 4. The van der Waals surface area contributed by atoms with Crippen LogP contribution in [0.2, 0.25) is 0 Å². The summed E-state index contributed by atoms with van der Waals surface area (Å²) in [6.45, 7) is 0. The minimum absolute atomic E-state index is 0.173. The van der Waals surface area contributed by atoms with Gasteiger partial charge in [-0.3, -0.25) is 0 Å². The lowest BCUT2D eigenvalue weighted by Gasteiger charge is -2.30. The molecule has 2 rings (SSSR count). The van der Waals surface area contributed by atoms with Crippen LogP contribution < -0.4 is 4.72 Å². The third kappa shape index (κ3) is 3.57. The van der Waals surface area contributed by atoms with Crippen molar-refractivity contribution in [1.29, 1.82) is 5.26 Å². The molecule has 1 saturated carbocycles. The summed E-state index contributed by atoms with van der Waals surface area (Å²) in [6, 6.07) is 5.11. The number of thioether (sulfide) groups is 1. The molecule has 1 aromatic rings. The fourth-order valence-electron chi connectivity index (χ4n) is 2.61. The Kier molecular flexibility index (Phi) is 5.25. The topological polar surface area (TPSA) is 70.0 Å². The van der Waals surface area contributed by atoms with Gasteiger partial charge in [-0.1, -0.05) is 18.9 Å². The number of nitriles is 1. The van der Waals surface area contributed by atoms with Gasteiger partial charge in [0, 0.05) is 11.3 Å². The normalized spacial score (nSPS) is 22.7. The van der Waals surface area contributed by atoms with Crippen LogP contribution in [0.1, 0.15) is 31.2 Å². The highest BCUT2D eigenvalue weighted by atomic mass is 32.2. The summed E-state index contributed by atoms with van der Waals surface area (Å²) >= 11 is 1.64. The summed E-state index contributed by atoms with van der Waals surface area (Å²) < 4.78 is 41.1. The summed E-state index contributed by atoms with van der Waals surface area (Å²) in [6.07, 6.45) is 5.75. The van der Waals surface area contributed by atoms with Crippen molar-refractivity contribution in [3.8, 4) is 6.07 Å². The second kappa shape index (κ2) is 6.77. The van der Waals surface area contributed by atoms with Gasteiger partial charge in [-0.25, -0.2) is 17.5 Å². The van der Waals surface area contributed by atoms with Gasteiger partial charge in [-0.15, -0.1) is 0 Å². The van der Waals surface area contributed by atoms with E-state index < -0.39 is 21.4 Å². The highest BCUT2D eigenvalue weighted by Crippen LogP contribution is 2.29. The highest BCUT2D eigenvalue weighted by Gasteiger charge is 2.30. The molecule has 0 aliphatic heterocycles. The van der Waals surface area contributed by atoms with Crippen molar-refractivity contribution < 1.29 is 12.8 Å². The van der Waals surface area contributed by atoms with E-state index >= 15 is 0 Å². The second-order valence-electron chi connectivity index (χ2n) is 5.01. The van der Waals surface area contributed by atoms with Crippen molar-refractivity contribution in [2.24, 2.45) is 0 Å². The maximum Gasteiger partial charge on any atom is 0.242 e. The molecule has 0 spiro atoms. The predicted octanol–water partition coefficient (Wildman–Crippen LogP) is 2.65. The minimum Gasteiger partial charge on any atom is -0.207 e. The smallest absolute Gasteiger partial charge is 0.207 e. The molecule has 0 saturated heterocycles. The third-order valence-electron chi connectivity index (χ3n) is 3.69. The molecule has 0 radical (unpaired) electrons. The SMILES string of the molecule is CSC1CCCCC1NS(=O)(=O)c1cccc(F)c1C#N. The van der Waals surface area contributed by atoms with E-state index in [0.717, 1.165) is 31.7 Å². The lowest BCUT2D eigenvalue weighted by Crippen LogP contribution is -2.43. The summed E-state index contributed by atoms with van der Waals surface area (Å²) in [5.74, 6) is -0.814. The second-order valence-corrected chi connectivity index (χ2v) is 7.77. The molecule has 7 heteroatoms. The van der Waals surface area contributed by atoms with Crippen LogP contribution in [0, 0.1) is 17.1 Å². The van der Waals surface area contributed by atoms with Crippen LogP contribution in [0.15, 0.2) is 23.1 Å². The van der Waals surface area contributed by atoms with Gasteiger partial charge in [-0.2, -0.15) is 17.0 Å². The molecule has 1 aliphatic carbocycles. The Hall–Kier alpha value is -1.10. The molecular formula is C14H17FN2O2S2. The van der Waals surface area contributed by atoms with E-state index in [4.69, 9.17) is 5.26 Å². The van der Waals surface area contributed by atoms with Gasteiger partial charge in [0.05, 0.1) is 0 Å². The zero-order valence-corrected chi connectivity index (χ0v) is 13.3. The van der Waals surface area contributed by atoms with Crippen LogP contribution >= 0.6 is 11.8 Å². The molecule has 0 amide bonds. The number of hydrogen-bond acceptors (Lipinski definition) is 4. The maximum absolute atomic E-state index is 13.6.